The number of hydrogen-bond donors (Lipinski definition) is 0. The zero-order valence-electron chi connectivity index (χ0n) is 18.0. The summed E-state index contributed by atoms with van der Waals surface area (Å²) in [6.07, 6.45) is 1.07. The summed E-state index contributed by atoms with van der Waals surface area (Å²) in [5.41, 5.74) is 0.240. The van der Waals surface area contributed by atoms with Gasteiger partial charge in [0, 0.05) is 13.1 Å². The number of carbonyl (C=O) groups excluding carboxylic acids is 3. The van der Waals surface area contributed by atoms with Crippen molar-refractivity contribution in [2.24, 2.45) is 5.92 Å². The second-order valence-electron chi connectivity index (χ2n) is 7.26. The number of methoxy groups -OCH3 is 1. The topological polar surface area (TPSA) is 91.4 Å². The summed E-state index contributed by atoms with van der Waals surface area (Å²) in [5, 5.41) is 0. The highest BCUT2D eigenvalue weighted by Gasteiger charge is 2.28. The van der Waals surface area contributed by atoms with Gasteiger partial charge in [-0.15, -0.1) is 0 Å². The smallest absolute Gasteiger partial charge is 0.342 e. The first-order chi connectivity index (χ1) is 15.6. The molecule has 0 bridgehead atoms. The summed E-state index contributed by atoms with van der Waals surface area (Å²) in [6.45, 7) is 1.04. The van der Waals surface area contributed by atoms with Crippen LogP contribution in [-0.2, 0) is 19.1 Å². The van der Waals surface area contributed by atoms with E-state index in [1.54, 1.807) is 29.2 Å². The summed E-state index contributed by atoms with van der Waals surface area (Å²) < 4.78 is 21.2. The molecule has 0 aromatic heterocycles. The number of carbonyl (C=O) groups is 3. The summed E-state index contributed by atoms with van der Waals surface area (Å²) in [7, 11) is 1.36. The van der Waals surface area contributed by atoms with E-state index < -0.39 is 5.97 Å². The lowest BCUT2D eigenvalue weighted by atomic mass is 9.97. The lowest BCUT2D eigenvalue weighted by Gasteiger charge is -2.30. The number of ether oxygens (including phenoxy) is 4. The Hall–Kier alpha value is -3.55. The van der Waals surface area contributed by atoms with Gasteiger partial charge < -0.3 is 23.8 Å². The van der Waals surface area contributed by atoms with Gasteiger partial charge in [0.15, 0.2) is 6.61 Å². The standard InChI is InChI=1S/C24H27NO7/c1-29-23(27)18-11-13-25(14-12-18)22(26)17-32-24(28)20-9-5-6-10-21(20)31-16-15-30-19-7-3-2-4-8-19/h2-10,18H,11-17H2,1H3. The Morgan fingerprint density at radius 3 is 2.28 bits per heavy atom. The molecule has 3 rings (SSSR count). The molecule has 8 heteroatoms. The van der Waals surface area contributed by atoms with E-state index in [4.69, 9.17) is 18.9 Å². The zero-order chi connectivity index (χ0) is 22.8. The Kier molecular flexibility index (Phi) is 8.48. The van der Waals surface area contributed by atoms with Gasteiger partial charge in [0.1, 0.15) is 30.3 Å². The SMILES string of the molecule is COC(=O)C1CCN(C(=O)COC(=O)c2ccccc2OCCOc2ccccc2)CC1. The van der Waals surface area contributed by atoms with Gasteiger partial charge in [-0.25, -0.2) is 4.79 Å². The first kappa shape index (κ1) is 23.1. The number of para-hydroxylation sites is 2. The van der Waals surface area contributed by atoms with Crippen LogP contribution in [0.4, 0.5) is 0 Å². The van der Waals surface area contributed by atoms with E-state index in [2.05, 4.69) is 0 Å². The van der Waals surface area contributed by atoms with Gasteiger partial charge in [0.25, 0.3) is 5.91 Å². The fourth-order valence-corrected chi connectivity index (χ4v) is 3.42. The van der Waals surface area contributed by atoms with E-state index in [1.807, 2.05) is 30.3 Å². The van der Waals surface area contributed by atoms with Crippen LogP contribution in [0.2, 0.25) is 0 Å². The molecule has 1 aliphatic rings. The van der Waals surface area contributed by atoms with Crippen LogP contribution in [0.3, 0.4) is 0 Å². The molecule has 1 fully saturated rings. The largest absolute Gasteiger partial charge is 0.490 e. The Labute approximate surface area is 187 Å². The molecule has 32 heavy (non-hydrogen) atoms. The van der Waals surface area contributed by atoms with Crippen LogP contribution in [0.5, 0.6) is 11.5 Å². The fraction of sp³-hybridized carbons (Fsp3) is 0.375. The second-order valence-corrected chi connectivity index (χ2v) is 7.26. The Morgan fingerprint density at radius 1 is 0.906 bits per heavy atom. The van der Waals surface area contributed by atoms with E-state index in [-0.39, 0.29) is 36.6 Å². The molecule has 0 spiro atoms. The zero-order valence-corrected chi connectivity index (χ0v) is 18.0. The summed E-state index contributed by atoms with van der Waals surface area (Å²) in [4.78, 5) is 38.1. The van der Waals surface area contributed by atoms with Crippen molar-refractivity contribution in [3.05, 3.63) is 60.2 Å². The van der Waals surface area contributed by atoms with E-state index in [9.17, 15) is 14.4 Å². The molecule has 1 saturated heterocycles. The number of hydrogen-bond acceptors (Lipinski definition) is 7. The average molecular weight is 441 g/mol. The number of nitrogens with zero attached hydrogens (tertiary/aromatic N) is 1. The molecule has 0 radical (unpaired) electrons. The molecular formula is C24H27NO7. The van der Waals surface area contributed by atoms with E-state index in [1.165, 1.54) is 7.11 Å². The van der Waals surface area contributed by atoms with Crippen LogP contribution in [0, 0.1) is 5.92 Å². The molecule has 0 saturated carbocycles. The van der Waals surface area contributed by atoms with Crippen LogP contribution in [0.15, 0.2) is 54.6 Å². The highest BCUT2D eigenvalue weighted by Crippen LogP contribution is 2.21. The minimum absolute atomic E-state index is 0.193. The predicted molar refractivity (Wildman–Crippen MR) is 115 cm³/mol. The van der Waals surface area contributed by atoms with Crippen LogP contribution in [0.25, 0.3) is 0 Å². The minimum Gasteiger partial charge on any atom is -0.490 e. The molecule has 0 aliphatic carbocycles. The van der Waals surface area contributed by atoms with Crippen molar-refractivity contribution in [2.75, 3.05) is 40.0 Å². The second kappa shape index (κ2) is 11.7. The molecule has 170 valence electrons. The van der Waals surface area contributed by atoms with Crippen LogP contribution < -0.4 is 9.47 Å². The van der Waals surface area contributed by atoms with Crippen LogP contribution >= 0.6 is 0 Å². The Balaban J connectivity index is 1.45. The first-order valence-corrected chi connectivity index (χ1v) is 10.5. The van der Waals surface area contributed by atoms with Crippen molar-refractivity contribution in [3.63, 3.8) is 0 Å². The predicted octanol–water partition coefficient (Wildman–Crippen LogP) is 2.71. The van der Waals surface area contributed by atoms with Crippen molar-refractivity contribution in [3.8, 4) is 11.5 Å². The van der Waals surface area contributed by atoms with Gasteiger partial charge in [-0.1, -0.05) is 30.3 Å². The fourth-order valence-electron chi connectivity index (χ4n) is 3.42. The molecule has 1 heterocycles. The third-order valence-electron chi connectivity index (χ3n) is 5.17. The molecule has 2 aromatic rings. The maximum Gasteiger partial charge on any atom is 0.342 e. The molecule has 0 unspecified atom stereocenters. The quantitative estimate of drug-likeness (QED) is 0.436. The minimum atomic E-state index is -0.637. The monoisotopic (exact) mass is 441 g/mol. The number of benzene rings is 2. The lowest BCUT2D eigenvalue weighted by Crippen LogP contribution is -2.42. The van der Waals surface area contributed by atoms with Crippen LogP contribution in [0.1, 0.15) is 23.2 Å². The number of amides is 1. The van der Waals surface area contributed by atoms with Gasteiger partial charge in [0.2, 0.25) is 0 Å². The van der Waals surface area contributed by atoms with E-state index in [0.29, 0.717) is 38.3 Å². The molecular weight excluding hydrogens is 414 g/mol. The number of rotatable bonds is 9. The maximum atomic E-state index is 12.5. The van der Waals surface area contributed by atoms with Crippen molar-refractivity contribution < 1.29 is 33.3 Å². The van der Waals surface area contributed by atoms with Gasteiger partial charge in [-0.05, 0) is 37.1 Å². The third kappa shape index (κ3) is 6.47. The highest BCUT2D eigenvalue weighted by atomic mass is 16.5. The van der Waals surface area contributed by atoms with Gasteiger partial charge in [-0.3, -0.25) is 9.59 Å². The summed E-state index contributed by atoms with van der Waals surface area (Å²) in [6, 6.07) is 16.1. The molecule has 0 N–H and O–H groups in total. The third-order valence-corrected chi connectivity index (χ3v) is 5.17. The Bertz CT molecular complexity index is 908. The van der Waals surface area contributed by atoms with Crippen LogP contribution in [-0.4, -0.2) is 62.8 Å². The van der Waals surface area contributed by atoms with Crippen molar-refractivity contribution in [2.45, 2.75) is 12.8 Å². The summed E-state index contributed by atoms with van der Waals surface area (Å²) >= 11 is 0. The van der Waals surface area contributed by atoms with Crippen molar-refractivity contribution in [1.29, 1.82) is 0 Å². The normalized spacial score (nSPS) is 13.8. The molecule has 0 atom stereocenters. The van der Waals surface area contributed by atoms with Gasteiger partial charge in [-0.2, -0.15) is 0 Å². The molecule has 8 nitrogen and oxygen atoms in total. The van der Waals surface area contributed by atoms with E-state index in [0.717, 1.165) is 5.75 Å². The van der Waals surface area contributed by atoms with Crippen molar-refractivity contribution >= 4 is 17.8 Å². The van der Waals surface area contributed by atoms with Crippen molar-refractivity contribution in [1.82, 2.24) is 4.90 Å². The van der Waals surface area contributed by atoms with E-state index >= 15 is 0 Å². The highest BCUT2D eigenvalue weighted by molar-refractivity contribution is 5.94. The molecule has 1 aliphatic heterocycles. The maximum absolute atomic E-state index is 12.5. The number of piperidine rings is 1. The lowest BCUT2D eigenvalue weighted by molar-refractivity contribution is -0.149. The first-order valence-electron chi connectivity index (χ1n) is 10.5. The molecule has 2 aromatic carbocycles. The average Bonchev–Trinajstić information content (AvgIpc) is 2.85. The number of likely N-dealkylation sites (tertiary alicyclic amines) is 1. The van der Waals surface area contributed by atoms with Gasteiger partial charge in [0.05, 0.1) is 13.0 Å². The summed E-state index contributed by atoms with van der Waals surface area (Å²) in [5.74, 6) is -0.284. The van der Waals surface area contributed by atoms with Gasteiger partial charge >= 0.3 is 11.9 Å². The number of esters is 2. The Morgan fingerprint density at radius 2 is 1.56 bits per heavy atom. The molecule has 1 amide bonds.